The lowest BCUT2D eigenvalue weighted by Crippen LogP contribution is -2.19. The van der Waals surface area contributed by atoms with Crippen LogP contribution in [-0.2, 0) is 9.59 Å². The molecule has 0 spiro atoms. The summed E-state index contributed by atoms with van der Waals surface area (Å²) < 4.78 is 28.9. The number of carbonyl (C=O) groups is 2. The van der Waals surface area contributed by atoms with E-state index in [0.29, 0.717) is 33.6 Å². The fourth-order valence-corrected chi connectivity index (χ4v) is 4.98. The summed E-state index contributed by atoms with van der Waals surface area (Å²) >= 11 is 0. The number of carbonyl (C=O) groups excluding carboxylic acids is 2. The van der Waals surface area contributed by atoms with E-state index in [1.165, 1.54) is 12.1 Å². The molecular formula is C40H34F2N4O2. The van der Waals surface area contributed by atoms with Gasteiger partial charge in [0.2, 0.25) is 11.8 Å². The highest BCUT2D eigenvalue weighted by Gasteiger charge is 2.19. The molecule has 48 heavy (non-hydrogen) atoms. The summed E-state index contributed by atoms with van der Waals surface area (Å²) in [7, 11) is 0. The molecule has 0 saturated carbocycles. The number of anilines is 2. The molecular weight excluding hydrogens is 606 g/mol. The predicted molar refractivity (Wildman–Crippen MR) is 186 cm³/mol. The SMILES string of the molecule is C[C@H](C(=O)Nc1cccnc1)c1ccc(-c2ccccc2)c(F)c1.C[C@H](C(=O)Nc1cccnc1)c1ccc(-c2ccccc2)c(F)c1. The van der Waals surface area contributed by atoms with Crippen molar-refractivity contribution >= 4 is 23.2 Å². The highest BCUT2D eigenvalue weighted by atomic mass is 19.1. The fraction of sp³-hybridized carbons (Fsp3) is 0.100. The summed E-state index contributed by atoms with van der Waals surface area (Å²) in [6.45, 7) is 3.51. The summed E-state index contributed by atoms with van der Waals surface area (Å²) in [5.41, 5.74) is 5.19. The minimum atomic E-state index is -0.468. The van der Waals surface area contributed by atoms with Crippen LogP contribution in [-0.4, -0.2) is 21.8 Å². The second kappa shape index (κ2) is 16.0. The van der Waals surface area contributed by atoms with Crippen LogP contribution in [0.5, 0.6) is 0 Å². The number of nitrogens with one attached hydrogen (secondary N) is 2. The Morgan fingerprint density at radius 1 is 0.542 bits per heavy atom. The van der Waals surface area contributed by atoms with Gasteiger partial charge >= 0.3 is 0 Å². The molecule has 2 aromatic heterocycles. The van der Waals surface area contributed by atoms with Crippen molar-refractivity contribution in [3.8, 4) is 22.3 Å². The number of nitrogens with zero attached hydrogens (tertiary/aromatic N) is 2. The molecule has 0 unspecified atom stereocenters. The molecule has 0 aliphatic rings. The largest absolute Gasteiger partial charge is 0.324 e. The molecule has 0 fully saturated rings. The Bertz CT molecular complexity index is 1810. The Kier molecular flexibility index (Phi) is 11.1. The third-order valence-electron chi connectivity index (χ3n) is 7.80. The third kappa shape index (κ3) is 8.61. The van der Waals surface area contributed by atoms with Gasteiger partial charge in [0.25, 0.3) is 0 Å². The van der Waals surface area contributed by atoms with Crippen LogP contribution in [0, 0.1) is 11.6 Å². The van der Waals surface area contributed by atoms with E-state index < -0.39 is 11.8 Å². The first-order chi connectivity index (χ1) is 23.3. The third-order valence-corrected chi connectivity index (χ3v) is 7.80. The van der Waals surface area contributed by atoms with Crippen LogP contribution in [0.2, 0.25) is 0 Å². The van der Waals surface area contributed by atoms with Crippen molar-refractivity contribution in [1.82, 2.24) is 9.97 Å². The summed E-state index contributed by atoms with van der Waals surface area (Å²) in [5, 5.41) is 5.56. The molecule has 2 atom stereocenters. The summed E-state index contributed by atoms with van der Waals surface area (Å²) in [5.74, 6) is -2.00. The Morgan fingerprint density at radius 3 is 1.27 bits per heavy atom. The summed E-state index contributed by atoms with van der Waals surface area (Å²) in [6.07, 6.45) is 6.42. The Morgan fingerprint density at radius 2 is 0.938 bits per heavy atom. The zero-order chi connectivity index (χ0) is 33.9. The predicted octanol–water partition coefficient (Wildman–Crippen LogP) is 9.26. The molecule has 0 saturated heterocycles. The first-order valence-electron chi connectivity index (χ1n) is 15.4. The number of rotatable bonds is 8. The summed E-state index contributed by atoms with van der Waals surface area (Å²) in [6, 6.07) is 35.6. The lowest BCUT2D eigenvalue weighted by Gasteiger charge is -2.14. The minimum Gasteiger partial charge on any atom is -0.324 e. The van der Waals surface area contributed by atoms with Crippen LogP contribution in [0.15, 0.2) is 146 Å². The molecule has 0 bridgehead atoms. The maximum absolute atomic E-state index is 14.4. The van der Waals surface area contributed by atoms with E-state index in [1.54, 1.807) is 87.2 Å². The van der Waals surface area contributed by atoms with Gasteiger partial charge in [0.1, 0.15) is 11.6 Å². The highest BCUT2D eigenvalue weighted by Crippen LogP contribution is 2.28. The van der Waals surface area contributed by atoms with Crippen molar-refractivity contribution in [1.29, 1.82) is 0 Å². The van der Waals surface area contributed by atoms with Crippen molar-refractivity contribution < 1.29 is 18.4 Å². The molecule has 4 aromatic carbocycles. The van der Waals surface area contributed by atoms with Crippen LogP contribution in [0.4, 0.5) is 20.2 Å². The molecule has 6 aromatic rings. The number of hydrogen-bond acceptors (Lipinski definition) is 4. The van der Waals surface area contributed by atoms with Gasteiger partial charge < -0.3 is 10.6 Å². The van der Waals surface area contributed by atoms with Gasteiger partial charge in [-0.25, -0.2) is 8.78 Å². The van der Waals surface area contributed by atoms with Crippen molar-refractivity contribution in [3.05, 3.63) is 169 Å². The van der Waals surface area contributed by atoms with Gasteiger partial charge in [0.15, 0.2) is 0 Å². The number of halogens is 2. The minimum absolute atomic E-state index is 0.199. The van der Waals surface area contributed by atoms with Gasteiger partial charge in [0, 0.05) is 23.5 Å². The zero-order valence-corrected chi connectivity index (χ0v) is 26.5. The molecule has 0 aliphatic carbocycles. The molecule has 2 amide bonds. The second-order valence-corrected chi connectivity index (χ2v) is 11.1. The van der Waals surface area contributed by atoms with Crippen LogP contribution >= 0.6 is 0 Å². The smallest absolute Gasteiger partial charge is 0.231 e. The number of hydrogen-bond donors (Lipinski definition) is 2. The van der Waals surface area contributed by atoms with Crippen molar-refractivity contribution in [2.45, 2.75) is 25.7 Å². The molecule has 6 rings (SSSR count). The Balaban J connectivity index is 0.000000188. The molecule has 8 heteroatoms. The van der Waals surface area contributed by atoms with Crippen molar-refractivity contribution in [2.24, 2.45) is 0 Å². The van der Waals surface area contributed by atoms with E-state index in [9.17, 15) is 18.4 Å². The van der Waals surface area contributed by atoms with Crippen molar-refractivity contribution in [3.63, 3.8) is 0 Å². The molecule has 6 nitrogen and oxygen atoms in total. The van der Waals surface area contributed by atoms with Gasteiger partial charge in [-0.05, 0) is 72.5 Å². The molecule has 2 N–H and O–H groups in total. The number of pyridine rings is 2. The van der Waals surface area contributed by atoms with Gasteiger partial charge in [-0.1, -0.05) is 84.9 Å². The Hall–Kier alpha value is -6.02. The van der Waals surface area contributed by atoms with E-state index in [4.69, 9.17) is 0 Å². The van der Waals surface area contributed by atoms with Gasteiger partial charge in [0.05, 0.1) is 35.6 Å². The highest BCUT2D eigenvalue weighted by molar-refractivity contribution is 5.96. The average Bonchev–Trinajstić information content (AvgIpc) is 3.12. The topological polar surface area (TPSA) is 84.0 Å². The zero-order valence-electron chi connectivity index (χ0n) is 26.5. The lowest BCUT2D eigenvalue weighted by molar-refractivity contribution is -0.118. The quantitative estimate of drug-likeness (QED) is 0.174. The van der Waals surface area contributed by atoms with E-state index in [-0.39, 0.29) is 23.4 Å². The van der Waals surface area contributed by atoms with E-state index in [2.05, 4.69) is 20.6 Å². The second-order valence-electron chi connectivity index (χ2n) is 11.1. The Labute approximate surface area is 278 Å². The summed E-state index contributed by atoms with van der Waals surface area (Å²) in [4.78, 5) is 32.5. The van der Waals surface area contributed by atoms with Gasteiger partial charge in [-0.3, -0.25) is 19.6 Å². The fourth-order valence-electron chi connectivity index (χ4n) is 4.98. The number of benzene rings is 4. The number of aromatic nitrogens is 2. The number of amides is 2. The molecule has 2 heterocycles. The van der Waals surface area contributed by atoms with Gasteiger partial charge in [-0.15, -0.1) is 0 Å². The van der Waals surface area contributed by atoms with Crippen LogP contribution in [0.25, 0.3) is 22.3 Å². The lowest BCUT2D eigenvalue weighted by atomic mass is 9.96. The van der Waals surface area contributed by atoms with Gasteiger partial charge in [-0.2, -0.15) is 0 Å². The molecule has 240 valence electrons. The first-order valence-corrected chi connectivity index (χ1v) is 15.4. The van der Waals surface area contributed by atoms with Crippen LogP contribution in [0.1, 0.15) is 36.8 Å². The van der Waals surface area contributed by atoms with E-state index in [0.717, 1.165) is 11.1 Å². The molecule has 0 radical (unpaired) electrons. The van der Waals surface area contributed by atoms with E-state index >= 15 is 0 Å². The average molecular weight is 641 g/mol. The standard InChI is InChI=1S/2C20H17FN2O/c2*1-14(20(24)23-17-8-5-11-22-13-17)16-9-10-18(19(21)12-16)15-6-3-2-4-7-15/h2*2-14H,1H3,(H,23,24)/t2*14-/m00/s1. The van der Waals surface area contributed by atoms with E-state index in [1.807, 2.05) is 60.7 Å². The van der Waals surface area contributed by atoms with Crippen LogP contribution in [0.3, 0.4) is 0 Å². The van der Waals surface area contributed by atoms with Crippen molar-refractivity contribution in [2.75, 3.05) is 10.6 Å². The first kappa shape index (κ1) is 33.3. The monoisotopic (exact) mass is 640 g/mol. The maximum Gasteiger partial charge on any atom is 0.231 e. The normalized spacial score (nSPS) is 11.8. The molecule has 0 aliphatic heterocycles. The maximum atomic E-state index is 14.4. The van der Waals surface area contributed by atoms with Crippen LogP contribution < -0.4 is 10.6 Å².